The van der Waals surface area contributed by atoms with Crippen molar-refractivity contribution in [3.05, 3.63) is 53.6 Å². The van der Waals surface area contributed by atoms with Crippen molar-refractivity contribution in [3.8, 4) is 17.2 Å². The van der Waals surface area contributed by atoms with Crippen LogP contribution in [0.3, 0.4) is 0 Å². The third kappa shape index (κ3) is 7.13. The van der Waals surface area contributed by atoms with Gasteiger partial charge in [-0.1, -0.05) is 32.4 Å². The second-order valence-electron chi connectivity index (χ2n) is 9.43. The van der Waals surface area contributed by atoms with E-state index in [4.69, 9.17) is 14.2 Å². The molecular weight excluding hydrogens is 458 g/mol. The molecule has 0 aliphatic carbocycles. The SMILES string of the molecule is COc1ccc(C(CNC(=O)C(NC(=O)c2cc(OC)cc(OC)c2)C(C)C)N2CCCCC2)cc1. The third-order valence-electron chi connectivity index (χ3n) is 6.65. The van der Waals surface area contributed by atoms with Gasteiger partial charge in [-0.25, -0.2) is 0 Å². The first kappa shape index (κ1) is 27.3. The first-order valence-corrected chi connectivity index (χ1v) is 12.6. The Bertz CT molecular complexity index is 980. The molecule has 2 amide bonds. The molecule has 0 bridgehead atoms. The summed E-state index contributed by atoms with van der Waals surface area (Å²) < 4.78 is 15.9. The number of nitrogens with zero attached hydrogens (tertiary/aromatic N) is 1. The van der Waals surface area contributed by atoms with Crippen LogP contribution in [-0.2, 0) is 4.79 Å². The van der Waals surface area contributed by atoms with E-state index in [1.54, 1.807) is 25.3 Å². The third-order valence-corrected chi connectivity index (χ3v) is 6.65. The zero-order valence-electron chi connectivity index (χ0n) is 22.0. The van der Waals surface area contributed by atoms with Gasteiger partial charge in [0, 0.05) is 18.2 Å². The van der Waals surface area contributed by atoms with Gasteiger partial charge >= 0.3 is 0 Å². The molecule has 2 N–H and O–H groups in total. The van der Waals surface area contributed by atoms with Crippen molar-refractivity contribution >= 4 is 11.8 Å². The number of piperidine rings is 1. The van der Waals surface area contributed by atoms with Gasteiger partial charge in [-0.15, -0.1) is 0 Å². The highest BCUT2D eigenvalue weighted by molar-refractivity contribution is 5.98. The van der Waals surface area contributed by atoms with Gasteiger partial charge in [-0.3, -0.25) is 14.5 Å². The van der Waals surface area contributed by atoms with Gasteiger partial charge in [-0.2, -0.15) is 0 Å². The van der Waals surface area contributed by atoms with Gasteiger partial charge in [0.1, 0.15) is 23.3 Å². The molecule has 196 valence electrons. The average molecular weight is 498 g/mol. The van der Waals surface area contributed by atoms with Crippen LogP contribution in [-0.4, -0.2) is 63.7 Å². The molecule has 1 saturated heterocycles. The van der Waals surface area contributed by atoms with Crippen molar-refractivity contribution in [2.45, 2.75) is 45.2 Å². The van der Waals surface area contributed by atoms with Crippen LogP contribution >= 0.6 is 0 Å². The van der Waals surface area contributed by atoms with Gasteiger partial charge in [0.2, 0.25) is 5.91 Å². The Balaban J connectivity index is 1.72. The van der Waals surface area contributed by atoms with E-state index in [0.29, 0.717) is 23.6 Å². The highest BCUT2D eigenvalue weighted by Gasteiger charge is 2.28. The van der Waals surface area contributed by atoms with E-state index in [0.717, 1.165) is 37.2 Å². The number of hydrogen-bond acceptors (Lipinski definition) is 6. The summed E-state index contributed by atoms with van der Waals surface area (Å²) in [5.41, 5.74) is 1.50. The summed E-state index contributed by atoms with van der Waals surface area (Å²) >= 11 is 0. The molecule has 0 radical (unpaired) electrons. The quantitative estimate of drug-likeness (QED) is 0.491. The van der Waals surface area contributed by atoms with Crippen LogP contribution in [0.5, 0.6) is 17.2 Å². The van der Waals surface area contributed by atoms with Crippen LogP contribution in [0.4, 0.5) is 0 Å². The van der Waals surface area contributed by atoms with E-state index in [-0.39, 0.29) is 23.8 Å². The molecule has 3 rings (SSSR count). The summed E-state index contributed by atoms with van der Waals surface area (Å²) in [5.74, 6) is 1.16. The Morgan fingerprint density at radius 1 is 0.861 bits per heavy atom. The van der Waals surface area contributed by atoms with Crippen LogP contribution in [0.25, 0.3) is 0 Å². The lowest BCUT2D eigenvalue weighted by molar-refractivity contribution is -0.124. The highest BCUT2D eigenvalue weighted by atomic mass is 16.5. The Morgan fingerprint density at radius 3 is 1.97 bits per heavy atom. The molecule has 0 aromatic heterocycles. The van der Waals surface area contributed by atoms with Crippen molar-refractivity contribution in [3.63, 3.8) is 0 Å². The first-order chi connectivity index (χ1) is 17.4. The number of rotatable bonds is 11. The van der Waals surface area contributed by atoms with Crippen molar-refractivity contribution in [2.75, 3.05) is 41.0 Å². The summed E-state index contributed by atoms with van der Waals surface area (Å²) in [6, 6.07) is 12.3. The zero-order chi connectivity index (χ0) is 26.1. The Morgan fingerprint density at radius 2 is 1.44 bits per heavy atom. The smallest absolute Gasteiger partial charge is 0.252 e. The molecule has 8 nitrogen and oxygen atoms in total. The van der Waals surface area contributed by atoms with E-state index < -0.39 is 6.04 Å². The van der Waals surface area contributed by atoms with Crippen molar-refractivity contribution in [2.24, 2.45) is 5.92 Å². The summed E-state index contributed by atoms with van der Waals surface area (Å²) in [6.07, 6.45) is 3.53. The molecule has 2 unspecified atom stereocenters. The predicted molar refractivity (Wildman–Crippen MR) is 140 cm³/mol. The Labute approximate surface area is 214 Å². The normalized spacial score (nSPS) is 15.6. The van der Waals surface area contributed by atoms with E-state index in [1.807, 2.05) is 26.0 Å². The fourth-order valence-corrected chi connectivity index (χ4v) is 4.52. The molecule has 2 aromatic rings. The molecule has 1 aliphatic heterocycles. The number of carbonyl (C=O) groups is 2. The van der Waals surface area contributed by atoms with E-state index >= 15 is 0 Å². The molecule has 1 fully saturated rings. The van der Waals surface area contributed by atoms with Crippen molar-refractivity contribution < 1.29 is 23.8 Å². The van der Waals surface area contributed by atoms with Gasteiger partial charge in [0.15, 0.2) is 0 Å². The fraction of sp³-hybridized carbons (Fsp3) is 0.500. The van der Waals surface area contributed by atoms with Crippen LogP contribution in [0.2, 0.25) is 0 Å². The van der Waals surface area contributed by atoms with Crippen LogP contribution in [0.1, 0.15) is 55.1 Å². The lowest BCUT2D eigenvalue weighted by atomic mass is 10.00. The Kier molecular flexibility index (Phi) is 9.99. The standard InChI is InChI=1S/C28H39N3O5/c1-19(2)26(30-27(32)21-15-23(35-4)17-24(16-21)36-5)28(33)29-18-25(31-13-7-6-8-14-31)20-9-11-22(34-3)12-10-20/h9-12,15-17,19,25-26H,6-8,13-14,18H2,1-5H3,(H,29,33)(H,30,32). The van der Waals surface area contributed by atoms with E-state index in [2.05, 4.69) is 27.7 Å². The average Bonchev–Trinajstić information content (AvgIpc) is 2.91. The summed E-state index contributed by atoms with van der Waals surface area (Å²) in [4.78, 5) is 28.8. The number of amides is 2. The number of carbonyl (C=O) groups excluding carboxylic acids is 2. The largest absolute Gasteiger partial charge is 0.497 e. The molecule has 0 spiro atoms. The van der Waals surface area contributed by atoms with Gasteiger partial charge < -0.3 is 24.8 Å². The number of benzene rings is 2. The minimum atomic E-state index is -0.687. The zero-order valence-corrected chi connectivity index (χ0v) is 22.0. The van der Waals surface area contributed by atoms with Gasteiger partial charge in [0.25, 0.3) is 5.91 Å². The summed E-state index contributed by atoms with van der Waals surface area (Å²) in [6.45, 7) is 6.28. The van der Waals surface area contributed by atoms with Gasteiger partial charge in [-0.05, 0) is 61.7 Å². The maximum atomic E-state index is 13.3. The summed E-state index contributed by atoms with van der Waals surface area (Å²) in [7, 11) is 4.71. The van der Waals surface area contributed by atoms with Gasteiger partial charge in [0.05, 0.1) is 27.4 Å². The van der Waals surface area contributed by atoms with Crippen LogP contribution in [0.15, 0.2) is 42.5 Å². The lowest BCUT2D eigenvalue weighted by Crippen LogP contribution is -2.51. The molecule has 1 aliphatic rings. The Hall–Kier alpha value is -3.26. The highest BCUT2D eigenvalue weighted by Crippen LogP contribution is 2.26. The number of nitrogens with one attached hydrogen (secondary N) is 2. The van der Waals surface area contributed by atoms with Crippen LogP contribution < -0.4 is 24.8 Å². The molecular formula is C28H39N3O5. The van der Waals surface area contributed by atoms with Crippen molar-refractivity contribution in [1.82, 2.24) is 15.5 Å². The molecule has 8 heteroatoms. The monoisotopic (exact) mass is 497 g/mol. The predicted octanol–water partition coefficient (Wildman–Crippen LogP) is 3.81. The number of likely N-dealkylation sites (tertiary alicyclic amines) is 1. The number of ether oxygens (including phenoxy) is 3. The molecule has 1 heterocycles. The van der Waals surface area contributed by atoms with Crippen molar-refractivity contribution in [1.29, 1.82) is 0 Å². The minimum absolute atomic E-state index is 0.0475. The number of methoxy groups -OCH3 is 3. The second-order valence-corrected chi connectivity index (χ2v) is 9.43. The molecule has 2 atom stereocenters. The van der Waals surface area contributed by atoms with E-state index in [9.17, 15) is 9.59 Å². The van der Waals surface area contributed by atoms with Crippen LogP contribution in [0, 0.1) is 5.92 Å². The lowest BCUT2D eigenvalue weighted by Gasteiger charge is -2.35. The molecule has 36 heavy (non-hydrogen) atoms. The first-order valence-electron chi connectivity index (χ1n) is 12.6. The molecule has 2 aromatic carbocycles. The summed E-state index contributed by atoms with van der Waals surface area (Å²) in [5, 5.41) is 6.02. The maximum absolute atomic E-state index is 13.3. The van der Waals surface area contributed by atoms with E-state index in [1.165, 1.54) is 20.6 Å². The molecule has 0 saturated carbocycles. The topological polar surface area (TPSA) is 89.1 Å². The minimum Gasteiger partial charge on any atom is -0.497 e. The second kappa shape index (κ2) is 13.2. The maximum Gasteiger partial charge on any atom is 0.252 e. The fourth-order valence-electron chi connectivity index (χ4n) is 4.52. The number of hydrogen-bond donors (Lipinski definition) is 2.